The van der Waals surface area contributed by atoms with Crippen molar-refractivity contribution in [2.75, 3.05) is 24.6 Å². The molecule has 1 fully saturated rings. The van der Waals surface area contributed by atoms with E-state index >= 15 is 0 Å². The normalized spacial score (nSPS) is 16.1. The van der Waals surface area contributed by atoms with Gasteiger partial charge in [-0.2, -0.15) is 0 Å². The molecule has 1 atom stereocenters. The van der Waals surface area contributed by atoms with Gasteiger partial charge >= 0.3 is 12.0 Å². The fourth-order valence-corrected chi connectivity index (χ4v) is 2.19. The van der Waals surface area contributed by atoms with Gasteiger partial charge in [0, 0.05) is 41.4 Å². The van der Waals surface area contributed by atoms with Gasteiger partial charge in [0.05, 0.1) is 6.42 Å². The number of amides is 2. The lowest BCUT2D eigenvalue weighted by Crippen LogP contribution is -2.43. The van der Waals surface area contributed by atoms with E-state index in [4.69, 9.17) is 5.11 Å². The van der Waals surface area contributed by atoms with Gasteiger partial charge in [-0.25, -0.2) is 4.79 Å². The van der Waals surface area contributed by atoms with Gasteiger partial charge in [0.15, 0.2) is 0 Å². The van der Waals surface area contributed by atoms with E-state index in [0.29, 0.717) is 18.1 Å². The minimum Gasteiger partial charge on any atom is -0.481 e. The molecule has 1 rings (SSSR count). The third-order valence-electron chi connectivity index (χ3n) is 2.74. The molecule has 0 aromatic heterocycles. The lowest BCUT2D eigenvalue weighted by Gasteiger charge is -2.21. The predicted octanol–water partition coefficient (Wildman–Crippen LogP) is 0.404. The Morgan fingerprint density at radius 1 is 1.44 bits per heavy atom. The average Bonchev–Trinajstić information content (AvgIpc) is 3.13. The van der Waals surface area contributed by atoms with E-state index in [1.165, 1.54) is 0 Å². The summed E-state index contributed by atoms with van der Waals surface area (Å²) < 4.78 is 11.2. The van der Waals surface area contributed by atoms with Crippen LogP contribution in [0.25, 0.3) is 0 Å². The second-order valence-corrected chi connectivity index (χ2v) is 6.10. The molecule has 0 bridgehead atoms. The summed E-state index contributed by atoms with van der Waals surface area (Å²) in [4.78, 5) is 23.9. The first-order chi connectivity index (χ1) is 8.54. The maximum absolute atomic E-state index is 11.8. The van der Waals surface area contributed by atoms with Crippen molar-refractivity contribution in [3.63, 3.8) is 0 Å². The van der Waals surface area contributed by atoms with Gasteiger partial charge in [0.1, 0.15) is 0 Å². The van der Waals surface area contributed by atoms with Gasteiger partial charge in [0.2, 0.25) is 0 Å². The molecule has 1 saturated carbocycles. The Morgan fingerprint density at radius 3 is 2.61 bits per heavy atom. The Labute approximate surface area is 109 Å². The molecule has 1 unspecified atom stereocenters. The van der Waals surface area contributed by atoms with Crippen LogP contribution in [0, 0.1) is 0 Å². The Bertz CT molecular complexity index is 331. The monoisotopic (exact) mass is 276 g/mol. The topological polar surface area (TPSA) is 86.7 Å². The molecule has 0 heterocycles. The van der Waals surface area contributed by atoms with Crippen molar-refractivity contribution >= 4 is 22.8 Å². The third kappa shape index (κ3) is 5.48. The first kappa shape index (κ1) is 14.9. The zero-order valence-corrected chi connectivity index (χ0v) is 11.4. The number of aliphatic carboxylic acids is 1. The van der Waals surface area contributed by atoms with Gasteiger partial charge < -0.3 is 15.3 Å². The summed E-state index contributed by atoms with van der Waals surface area (Å²) in [5.41, 5.74) is 0. The Morgan fingerprint density at radius 2 is 2.11 bits per heavy atom. The van der Waals surface area contributed by atoms with Gasteiger partial charge in [-0.3, -0.25) is 9.00 Å². The molecule has 6 nitrogen and oxygen atoms in total. The summed E-state index contributed by atoms with van der Waals surface area (Å²) in [5, 5.41) is 11.3. The van der Waals surface area contributed by atoms with E-state index in [0.717, 1.165) is 12.8 Å². The highest BCUT2D eigenvalue weighted by atomic mass is 32.2. The molecule has 0 saturated heterocycles. The molecule has 0 radical (unpaired) electrons. The summed E-state index contributed by atoms with van der Waals surface area (Å²) in [7, 11) is -0.890. The van der Waals surface area contributed by atoms with Gasteiger partial charge in [0.25, 0.3) is 0 Å². The highest BCUT2D eigenvalue weighted by Gasteiger charge is 2.32. The number of hydrogen-bond donors (Lipinski definition) is 2. The van der Waals surface area contributed by atoms with Gasteiger partial charge in [-0.1, -0.05) is 6.92 Å². The highest BCUT2D eigenvalue weighted by Crippen LogP contribution is 2.26. The largest absolute Gasteiger partial charge is 0.481 e. The van der Waals surface area contributed by atoms with Crippen molar-refractivity contribution in [2.24, 2.45) is 0 Å². The molecule has 0 aromatic carbocycles. The average molecular weight is 276 g/mol. The van der Waals surface area contributed by atoms with E-state index in [1.54, 1.807) is 4.90 Å². The number of carbonyl (C=O) groups excluding carboxylic acids is 1. The number of carbonyl (C=O) groups is 2. The zero-order chi connectivity index (χ0) is 13.5. The molecule has 0 aromatic rings. The first-order valence-corrected chi connectivity index (χ1v) is 7.64. The number of urea groups is 1. The fraction of sp³-hybridized carbons (Fsp3) is 0.818. The van der Waals surface area contributed by atoms with Crippen LogP contribution < -0.4 is 5.32 Å². The van der Waals surface area contributed by atoms with Crippen molar-refractivity contribution in [1.82, 2.24) is 10.2 Å². The summed E-state index contributed by atoms with van der Waals surface area (Å²) in [6.45, 7) is 2.44. The Balaban J connectivity index is 2.30. The smallest absolute Gasteiger partial charge is 0.317 e. The van der Waals surface area contributed by atoms with Crippen LogP contribution in [0.3, 0.4) is 0 Å². The number of nitrogens with one attached hydrogen (secondary N) is 1. The maximum atomic E-state index is 11.8. The van der Waals surface area contributed by atoms with Crippen molar-refractivity contribution in [1.29, 1.82) is 0 Å². The van der Waals surface area contributed by atoms with Crippen molar-refractivity contribution < 1.29 is 18.9 Å². The molecule has 0 aliphatic heterocycles. The Hall–Kier alpha value is -1.11. The van der Waals surface area contributed by atoms with E-state index in [2.05, 4.69) is 5.32 Å². The first-order valence-electron chi connectivity index (χ1n) is 6.15. The van der Waals surface area contributed by atoms with Crippen LogP contribution in [-0.4, -0.2) is 56.9 Å². The SMILES string of the molecule is CCS(=O)CCNC(=O)N(CCC(=O)O)C1CC1. The van der Waals surface area contributed by atoms with Crippen LogP contribution in [0.2, 0.25) is 0 Å². The predicted molar refractivity (Wildman–Crippen MR) is 68.9 cm³/mol. The summed E-state index contributed by atoms with van der Waals surface area (Å²) in [6.07, 6.45) is 1.84. The molecule has 0 spiro atoms. The van der Waals surface area contributed by atoms with E-state index in [-0.39, 0.29) is 25.0 Å². The van der Waals surface area contributed by atoms with E-state index in [9.17, 15) is 13.8 Å². The molecule has 1 aliphatic rings. The van der Waals surface area contributed by atoms with Gasteiger partial charge in [-0.15, -0.1) is 0 Å². The number of nitrogens with zero attached hydrogens (tertiary/aromatic N) is 1. The zero-order valence-electron chi connectivity index (χ0n) is 10.6. The summed E-state index contributed by atoms with van der Waals surface area (Å²) >= 11 is 0. The van der Waals surface area contributed by atoms with E-state index < -0.39 is 16.8 Å². The molecule has 2 amide bonds. The molecule has 2 N–H and O–H groups in total. The molecular weight excluding hydrogens is 256 g/mol. The summed E-state index contributed by atoms with van der Waals surface area (Å²) in [6, 6.07) is -0.0622. The molecular formula is C11H20N2O4S. The minimum absolute atomic E-state index is 0.0369. The van der Waals surface area contributed by atoms with Crippen molar-refractivity contribution in [3.05, 3.63) is 0 Å². The standard InChI is InChI=1S/C11H20N2O4S/c1-2-18(17)8-6-12-11(16)13(9-3-4-9)7-5-10(14)15/h9H,2-8H2,1H3,(H,12,16)(H,14,15). The summed E-state index contributed by atoms with van der Waals surface area (Å²) in [5.74, 6) is 0.126. The fourth-order valence-electron chi connectivity index (χ4n) is 1.57. The Kier molecular flexibility index (Phi) is 6.11. The van der Waals surface area contributed by atoms with Crippen LogP contribution in [-0.2, 0) is 15.6 Å². The lowest BCUT2D eigenvalue weighted by atomic mass is 10.4. The number of carboxylic acids is 1. The van der Waals surface area contributed by atoms with Gasteiger partial charge in [-0.05, 0) is 12.8 Å². The highest BCUT2D eigenvalue weighted by molar-refractivity contribution is 7.84. The molecule has 1 aliphatic carbocycles. The second kappa shape index (κ2) is 7.35. The van der Waals surface area contributed by atoms with Crippen LogP contribution in [0.4, 0.5) is 4.79 Å². The molecule has 18 heavy (non-hydrogen) atoms. The van der Waals surface area contributed by atoms with E-state index in [1.807, 2.05) is 6.92 Å². The van der Waals surface area contributed by atoms with Crippen LogP contribution in [0.5, 0.6) is 0 Å². The lowest BCUT2D eigenvalue weighted by molar-refractivity contribution is -0.137. The van der Waals surface area contributed by atoms with Crippen LogP contribution >= 0.6 is 0 Å². The van der Waals surface area contributed by atoms with Crippen molar-refractivity contribution in [2.45, 2.75) is 32.2 Å². The second-order valence-electron chi connectivity index (χ2n) is 4.23. The number of hydrogen-bond acceptors (Lipinski definition) is 3. The minimum atomic E-state index is -0.902. The quantitative estimate of drug-likeness (QED) is 0.672. The third-order valence-corrected chi connectivity index (χ3v) is 4.05. The van der Waals surface area contributed by atoms with Crippen molar-refractivity contribution in [3.8, 4) is 0 Å². The van der Waals surface area contributed by atoms with Crippen LogP contribution in [0.15, 0.2) is 0 Å². The number of rotatable bonds is 8. The maximum Gasteiger partial charge on any atom is 0.317 e. The molecule has 7 heteroatoms. The number of carboxylic acid groups (broad SMARTS) is 1. The molecule has 104 valence electrons. The van der Waals surface area contributed by atoms with Crippen LogP contribution in [0.1, 0.15) is 26.2 Å².